The van der Waals surface area contributed by atoms with Crippen molar-refractivity contribution in [3.8, 4) is 0 Å². The highest BCUT2D eigenvalue weighted by Gasteiger charge is 2.12. The molecule has 2 aromatic rings. The van der Waals surface area contributed by atoms with Gasteiger partial charge in [0, 0.05) is 31.5 Å². The quantitative estimate of drug-likeness (QED) is 0.501. The summed E-state index contributed by atoms with van der Waals surface area (Å²) in [4.78, 5) is 24.0. The van der Waals surface area contributed by atoms with Crippen LogP contribution in [0.2, 0.25) is 0 Å². The van der Waals surface area contributed by atoms with Crippen LogP contribution in [0, 0.1) is 5.82 Å². The van der Waals surface area contributed by atoms with Crippen molar-refractivity contribution >= 4 is 34.8 Å². The number of carbonyl (C=O) groups is 2. The zero-order chi connectivity index (χ0) is 19.6. The first-order valence-electron chi connectivity index (χ1n) is 8.25. The van der Waals surface area contributed by atoms with Gasteiger partial charge in [0.15, 0.2) is 5.11 Å². The summed E-state index contributed by atoms with van der Waals surface area (Å²) in [5.41, 5.74) is 0.992. The molecule has 0 heterocycles. The lowest BCUT2D eigenvalue weighted by molar-refractivity contribution is 0.0946. The number of ether oxygens (including phenoxy) is 1. The summed E-state index contributed by atoms with van der Waals surface area (Å²) in [5, 5.41) is 8.04. The predicted octanol–water partition coefficient (Wildman–Crippen LogP) is 2.72. The van der Waals surface area contributed by atoms with Gasteiger partial charge in [-0.1, -0.05) is 12.1 Å². The maximum atomic E-state index is 13.6. The molecule has 0 radical (unpaired) electrons. The zero-order valence-electron chi connectivity index (χ0n) is 14.8. The van der Waals surface area contributed by atoms with Gasteiger partial charge in [-0.2, -0.15) is 0 Å². The van der Waals surface area contributed by atoms with Crippen molar-refractivity contribution in [3.05, 3.63) is 65.5 Å². The van der Waals surface area contributed by atoms with E-state index in [0.717, 1.165) is 6.42 Å². The van der Waals surface area contributed by atoms with Crippen molar-refractivity contribution in [2.75, 3.05) is 25.6 Å². The van der Waals surface area contributed by atoms with Crippen molar-refractivity contribution in [2.24, 2.45) is 0 Å². The molecule has 142 valence electrons. The molecule has 2 aromatic carbocycles. The van der Waals surface area contributed by atoms with Crippen LogP contribution in [0.4, 0.5) is 10.1 Å². The number of nitrogens with one attached hydrogen (secondary N) is 3. The summed E-state index contributed by atoms with van der Waals surface area (Å²) in [6, 6.07) is 12.2. The monoisotopic (exact) mass is 389 g/mol. The van der Waals surface area contributed by atoms with E-state index in [-0.39, 0.29) is 16.6 Å². The van der Waals surface area contributed by atoms with Gasteiger partial charge < -0.3 is 15.4 Å². The molecule has 2 amide bonds. The number of benzene rings is 2. The van der Waals surface area contributed by atoms with E-state index in [1.54, 1.807) is 37.4 Å². The van der Waals surface area contributed by atoms with Crippen molar-refractivity contribution < 1.29 is 18.7 Å². The summed E-state index contributed by atoms with van der Waals surface area (Å²) >= 11 is 5.07. The smallest absolute Gasteiger partial charge is 0.260 e. The Labute approximate surface area is 162 Å². The number of anilines is 1. The number of hydrogen-bond acceptors (Lipinski definition) is 4. The van der Waals surface area contributed by atoms with Crippen LogP contribution in [0.5, 0.6) is 0 Å². The number of rotatable bonds is 7. The second-order valence-corrected chi connectivity index (χ2v) is 5.98. The molecular weight excluding hydrogens is 369 g/mol. The van der Waals surface area contributed by atoms with Crippen LogP contribution in [0.15, 0.2) is 48.5 Å². The molecule has 0 bridgehead atoms. The minimum Gasteiger partial charge on any atom is -0.385 e. The average Bonchev–Trinajstić information content (AvgIpc) is 2.66. The van der Waals surface area contributed by atoms with Gasteiger partial charge in [0.25, 0.3) is 11.8 Å². The largest absolute Gasteiger partial charge is 0.385 e. The molecular formula is C19H20FN3O3S. The summed E-state index contributed by atoms with van der Waals surface area (Å²) in [6.07, 6.45) is 0.734. The first kappa shape index (κ1) is 20.5. The fourth-order valence-electron chi connectivity index (χ4n) is 2.20. The van der Waals surface area contributed by atoms with Crippen molar-refractivity contribution in [1.82, 2.24) is 10.6 Å². The van der Waals surface area contributed by atoms with Gasteiger partial charge in [-0.05, 0) is 55.0 Å². The predicted molar refractivity (Wildman–Crippen MR) is 105 cm³/mol. The lowest BCUT2D eigenvalue weighted by Crippen LogP contribution is -2.34. The third-order valence-electron chi connectivity index (χ3n) is 3.56. The topological polar surface area (TPSA) is 79.5 Å². The van der Waals surface area contributed by atoms with Gasteiger partial charge in [0.1, 0.15) is 5.82 Å². The molecule has 0 aliphatic heterocycles. The van der Waals surface area contributed by atoms with Crippen molar-refractivity contribution in [1.29, 1.82) is 0 Å². The van der Waals surface area contributed by atoms with Gasteiger partial charge in [0.2, 0.25) is 0 Å². The third kappa shape index (κ3) is 6.43. The van der Waals surface area contributed by atoms with E-state index in [1.807, 2.05) is 0 Å². The molecule has 0 unspecified atom stereocenters. The van der Waals surface area contributed by atoms with Gasteiger partial charge >= 0.3 is 0 Å². The molecule has 2 rings (SSSR count). The highest BCUT2D eigenvalue weighted by molar-refractivity contribution is 7.80. The Hall–Kier alpha value is -2.84. The number of thiocarbonyl (C=S) groups is 1. The Morgan fingerprint density at radius 2 is 1.78 bits per heavy atom. The van der Waals surface area contributed by atoms with E-state index in [1.165, 1.54) is 18.2 Å². The molecule has 0 aliphatic carbocycles. The van der Waals surface area contributed by atoms with Crippen LogP contribution in [0.3, 0.4) is 0 Å². The van der Waals surface area contributed by atoms with Crippen LogP contribution in [0.1, 0.15) is 27.1 Å². The standard InChI is InChI=1S/C19H20FN3O3S/c1-26-12-4-11-21-17(24)13-7-9-14(10-8-13)22-19(27)23-18(25)15-5-2-3-6-16(15)20/h2-3,5-10H,4,11-12H2,1H3,(H,21,24)(H2,22,23,25,27). The number of methoxy groups -OCH3 is 1. The highest BCUT2D eigenvalue weighted by atomic mass is 32.1. The molecule has 0 spiro atoms. The molecule has 0 aliphatic rings. The Kier molecular flexibility index (Phi) is 7.84. The van der Waals surface area contributed by atoms with Crippen LogP contribution in [0.25, 0.3) is 0 Å². The molecule has 0 saturated heterocycles. The van der Waals surface area contributed by atoms with Gasteiger partial charge in [-0.15, -0.1) is 0 Å². The van der Waals surface area contributed by atoms with E-state index >= 15 is 0 Å². The number of hydrogen-bond donors (Lipinski definition) is 3. The van der Waals surface area contributed by atoms with E-state index in [9.17, 15) is 14.0 Å². The SMILES string of the molecule is COCCCNC(=O)c1ccc(NC(=S)NC(=O)c2ccccc2F)cc1. The Balaban J connectivity index is 1.86. The Morgan fingerprint density at radius 1 is 1.07 bits per heavy atom. The fourth-order valence-corrected chi connectivity index (χ4v) is 2.41. The third-order valence-corrected chi connectivity index (χ3v) is 3.77. The molecule has 8 heteroatoms. The normalized spacial score (nSPS) is 10.1. The maximum Gasteiger partial charge on any atom is 0.260 e. The second kappa shape index (κ2) is 10.3. The minimum atomic E-state index is -0.641. The van der Waals surface area contributed by atoms with Crippen LogP contribution < -0.4 is 16.0 Å². The highest BCUT2D eigenvalue weighted by Crippen LogP contribution is 2.10. The van der Waals surface area contributed by atoms with Gasteiger partial charge in [-0.3, -0.25) is 14.9 Å². The zero-order valence-corrected chi connectivity index (χ0v) is 15.6. The Bertz CT molecular complexity index is 812. The molecule has 6 nitrogen and oxygen atoms in total. The maximum absolute atomic E-state index is 13.6. The number of halogens is 1. The minimum absolute atomic E-state index is 0.0278. The summed E-state index contributed by atoms with van der Waals surface area (Å²) in [6.45, 7) is 1.11. The molecule has 0 saturated carbocycles. The van der Waals surface area contributed by atoms with Crippen LogP contribution in [-0.2, 0) is 4.74 Å². The first-order valence-corrected chi connectivity index (χ1v) is 8.66. The summed E-state index contributed by atoms with van der Waals surface area (Å²) in [5.74, 6) is -1.45. The average molecular weight is 389 g/mol. The number of amides is 2. The fraction of sp³-hybridized carbons (Fsp3) is 0.211. The first-order chi connectivity index (χ1) is 13.0. The number of carbonyl (C=O) groups excluding carboxylic acids is 2. The molecule has 0 fully saturated rings. The molecule has 0 atom stereocenters. The van der Waals surface area contributed by atoms with Crippen LogP contribution >= 0.6 is 12.2 Å². The van der Waals surface area contributed by atoms with E-state index in [0.29, 0.717) is 24.4 Å². The lowest BCUT2D eigenvalue weighted by atomic mass is 10.2. The van der Waals surface area contributed by atoms with Crippen molar-refractivity contribution in [2.45, 2.75) is 6.42 Å². The van der Waals surface area contributed by atoms with E-state index in [2.05, 4.69) is 16.0 Å². The van der Waals surface area contributed by atoms with E-state index < -0.39 is 11.7 Å². The van der Waals surface area contributed by atoms with Gasteiger partial charge in [-0.25, -0.2) is 4.39 Å². The molecule has 3 N–H and O–H groups in total. The Morgan fingerprint density at radius 3 is 2.44 bits per heavy atom. The second-order valence-electron chi connectivity index (χ2n) is 5.57. The van der Waals surface area contributed by atoms with Gasteiger partial charge in [0.05, 0.1) is 5.56 Å². The summed E-state index contributed by atoms with van der Waals surface area (Å²) in [7, 11) is 1.61. The molecule has 0 aromatic heterocycles. The van der Waals surface area contributed by atoms with Crippen molar-refractivity contribution in [3.63, 3.8) is 0 Å². The lowest BCUT2D eigenvalue weighted by Gasteiger charge is -2.11. The molecule has 27 heavy (non-hydrogen) atoms. The van der Waals surface area contributed by atoms with E-state index in [4.69, 9.17) is 17.0 Å². The summed E-state index contributed by atoms with van der Waals surface area (Å²) < 4.78 is 18.5. The van der Waals surface area contributed by atoms with Crippen LogP contribution in [-0.4, -0.2) is 37.2 Å².